The van der Waals surface area contributed by atoms with E-state index in [1.807, 2.05) is 7.05 Å². The third-order valence-corrected chi connectivity index (χ3v) is 3.75. The van der Waals surface area contributed by atoms with Gasteiger partial charge in [-0.15, -0.1) is 11.3 Å². The molecule has 1 unspecified atom stereocenters. The normalized spacial score (nSPS) is 14.2. The molecule has 1 aromatic rings. The molecule has 0 saturated heterocycles. The molecule has 0 radical (unpaired) electrons. The molecule has 0 amide bonds. The molecule has 0 aliphatic carbocycles. The van der Waals surface area contributed by atoms with Crippen molar-refractivity contribution in [3.8, 4) is 0 Å². The van der Waals surface area contributed by atoms with Crippen LogP contribution in [0.25, 0.3) is 0 Å². The summed E-state index contributed by atoms with van der Waals surface area (Å²) >= 11 is 1.70. The lowest BCUT2D eigenvalue weighted by atomic mass is 9.93. The molecule has 5 heteroatoms. The molecule has 104 valence electrons. The van der Waals surface area contributed by atoms with Crippen LogP contribution in [-0.4, -0.2) is 38.6 Å². The van der Waals surface area contributed by atoms with Gasteiger partial charge in [0, 0.05) is 31.4 Å². The average Bonchev–Trinajstić information content (AvgIpc) is 2.77. The number of nitrogens with zero attached hydrogens (tertiary/aromatic N) is 1. The SMILES string of the molecule is CNC(Cc1nc(C(C)(C)C)cs1)C(OC)OC. The van der Waals surface area contributed by atoms with Gasteiger partial charge in [-0.1, -0.05) is 20.8 Å². The first-order valence-electron chi connectivity index (χ1n) is 6.10. The molecule has 1 aromatic heterocycles. The van der Waals surface area contributed by atoms with Crippen LogP contribution >= 0.6 is 11.3 Å². The van der Waals surface area contributed by atoms with Crippen molar-refractivity contribution in [1.82, 2.24) is 10.3 Å². The topological polar surface area (TPSA) is 43.4 Å². The van der Waals surface area contributed by atoms with E-state index in [9.17, 15) is 0 Å². The van der Waals surface area contributed by atoms with Crippen LogP contribution in [0.5, 0.6) is 0 Å². The Labute approximate surface area is 114 Å². The van der Waals surface area contributed by atoms with Gasteiger partial charge in [0.15, 0.2) is 6.29 Å². The molecule has 0 saturated carbocycles. The molecule has 1 heterocycles. The number of rotatable bonds is 6. The molecule has 0 bridgehead atoms. The van der Waals surface area contributed by atoms with E-state index in [0.717, 1.165) is 17.1 Å². The maximum Gasteiger partial charge on any atom is 0.172 e. The summed E-state index contributed by atoms with van der Waals surface area (Å²) in [5.41, 5.74) is 1.25. The van der Waals surface area contributed by atoms with Gasteiger partial charge in [-0.05, 0) is 7.05 Å². The van der Waals surface area contributed by atoms with Crippen molar-refractivity contribution in [2.75, 3.05) is 21.3 Å². The number of likely N-dealkylation sites (N-methyl/N-ethyl adjacent to an activating group) is 1. The lowest BCUT2D eigenvalue weighted by Gasteiger charge is -2.23. The second-order valence-electron chi connectivity index (χ2n) is 5.32. The fraction of sp³-hybridized carbons (Fsp3) is 0.769. The summed E-state index contributed by atoms with van der Waals surface area (Å²) in [5, 5.41) is 6.46. The molecular formula is C13H24N2O2S. The molecular weight excluding hydrogens is 248 g/mol. The summed E-state index contributed by atoms with van der Waals surface area (Å²) < 4.78 is 10.6. The fourth-order valence-electron chi connectivity index (χ4n) is 1.70. The van der Waals surface area contributed by atoms with Gasteiger partial charge in [0.05, 0.1) is 16.7 Å². The van der Waals surface area contributed by atoms with E-state index in [1.165, 1.54) is 0 Å². The van der Waals surface area contributed by atoms with Crippen LogP contribution in [0.1, 0.15) is 31.5 Å². The van der Waals surface area contributed by atoms with Gasteiger partial charge < -0.3 is 14.8 Å². The first-order chi connectivity index (χ1) is 8.42. The third kappa shape index (κ3) is 4.02. The number of thiazole rings is 1. The first kappa shape index (κ1) is 15.6. The molecule has 0 aromatic carbocycles. The van der Waals surface area contributed by atoms with Crippen molar-refractivity contribution in [3.63, 3.8) is 0 Å². The highest BCUT2D eigenvalue weighted by Gasteiger charge is 2.23. The smallest absolute Gasteiger partial charge is 0.172 e. The van der Waals surface area contributed by atoms with Crippen molar-refractivity contribution in [1.29, 1.82) is 0 Å². The standard InChI is InChI=1S/C13H24N2O2S/c1-13(2,3)10-8-18-11(15-10)7-9(14-4)12(16-5)17-6/h8-9,12,14H,7H2,1-6H3. The highest BCUT2D eigenvalue weighted by atomic mass is 32.1. The van der Waals surface area contributed by atoms with Gasteiger partial charge in [0.1, 0.15) is 0 Å². The summed E-state index contributed by atoms with van der Waals surface area (Å²) in [6, 6.07) is 0.110. The van der Waals surface area contributed by atoms with Crippen LogP contribution < -0.4 is 5.32 Å². The van der Waals surface area contributed by atoms with Crippen LogP contribution in [0.4, 0.5) is 0 Å². The molecule has 1 atom stereocenters. The van der Waals surface area contributed by atoms with E-state index in [1.54, 1.807) is 25.6 Å². The Morgan fingerprint density at radius 3 is 2.33 bits per heavy atom. The summed E-state index contributed by atoms with van der Waals surface area (Å²) in [7, 11) is 5.22. The number of ether oxygens (including phenoxy) is 2. The maximum atomic E-state index is 5.29. The minimum absolute atomic E-state index is 0.103. The predicted molar refractivity (Wildman–Crippen MR) is 75.2 cm³/mol. The highest BCUT2D eigenvalue weighted by Crippen LogP contribution is 2.24. The number of aromatic nitrogens is 1. The Balaban J connectivity index is 2.73. The molecule has 4 nitrogen and oxygen atoms in total. The van der Waals surface area contributed by atoms with E-state index >= 15 is 0 Å². The Hall–Kier alpha value is -0.490. The van der Waals surface area contributed by atoms with Crippen LogP contribution in [0.2, 0.25) is 0 Å². The fourth-order valence-corrected chi connectivity index (χ4v) is 2.78. The first-order valence-corrected chi connectivity index (χ1v) is 6.98. The number of hydrogen-bond acceptors (Lipinski definition) is 5. The van der Waals surface area contributed by atoms with Gasteiger partial charge in [0.2, 0.25) is 0 Å². The van der Waals surface area contributed by atoms with E-state index in [2.05, 4.69) is 36.5 Å². The Morgan fingerprint density at radius 1 is 1.33 bits per heavy atom. The lowest BCUT2D eigenvalue weighted by Crippen LogP contribution is -2.41. The van der Waals surface area contributed by atoms with Crippen molar-refractivity contribution >= 4 is 11.3 Å². The van der Waals surface area contributed by atoms with Crippen LogP contribution in [0, 0.1) is 0 Å². The Morgan fingerprint density at radius 2 is 1.94 bits per heavy atom. The summed E-state index contributed by atoms with van der Waals surface area (Å²) in [4.78, 5) is 4.69. The van der Waals surface area contributed by atoms with Crippen molar-refractivity contribution < 1.29 is 9.47 Å². The highest BCUT2D eigenvalue weighted by molar-refractivity contribution is 7.09. The Bertz CT molecular complexity index is 356. The number of hydrogen-bond donors (Lipinski definition) is 1. The molecule has 0 fully saturated rings. The summed E-state index contributed by atoms with van der Waals surface area (Å²) in [5.74, 6) is 0. The molecule has 0 aliphatic heterocycles. The summed E-state index contributed by atoms with van der Waals surface area (Å²) in [6.07, 6.45) is 0.556. The summed E-state index contributed by atoms with van der Waals surface area (Å²) in [6.45, 7) is 6.53. The zero-order valence-corrected chi connectivity index (χ0v) is 12.9. The monoisotopic (exact) mass is 272 g/mol. The quantitative estimate of drug-likeness (QED) is 0.806. The number of nitrogens with one attached hydrogen (secondary N) is 1. The zero-order chi connectivity index (χ0) is 13.8. The van der Waals surface area contributed by atoms with E-state index in [0.29, 0.717) is 0 Å². The molecule has 1 N–H and O–H groups in total. The molecule has 0 aliphatic rings. The lowest BCUT2D eigenvalue weighted by molar-refractivity contribution is -0.121. The third-order valence-electron chi connectivity index (χ3n) is 2.88. The van der Waals surface area contributed by atoms with Crippen molar-refractivity contribution in [3.05, 3.63) is 16.1 Å². The van der Waals surface area contributed by atoms with Crippen LogP contribution in [0.15, 0.2) is 5.38 Å². The second kappa shape index (κ2) is 6.61. The van der Waals surface area contributed by atoms with Gasteiger partial charge in [-0.25, -0.2) is 4.98 Å². The van der Waals surface area contributed by atoms with E-state index in [-0.39, 0.29) is 17.7 Å². The van der Waals surface area contributed by atoms with Gasteiger partial charge in [-0.3, -0.25) is 0 Å². The van der Waals surface area contributed by atoms with Crippen molar-refractivity contribution in [2.24, 2.45) is 0 Å². The Kier molecular flexibility index (Phi) is 5.72. The van der Waals surface area contributed by atoms with Gasteiger partial charge in [0.25, 0.3) is 0 Å². The predicted octanol–water partition coefficient (Wildman–Crippen LogP) is 2.19. The largest absolute Gasteiger partial charge is 0.354 e. The van der Waals surface area contributed by atoms with Crippen LogP contribution in [0.3, 0.4) is 0 Å². The maximum absolute atomic E-state index is 5.29. The molecule has 0 spiro atoms. The second-order valence-corrected chi connectivity index (χ2v) is 6.26. The van der Waals surface area contributed by atoms with Gasteiger partial charge >= 0.3 is 0 Å². The zero-order valence-electron chi connectivity index (χ0n) is 12.1. The minimum atomic E-state index is -0.253. The van der Waals surface area contributed by atoms with E-state index in [4.69, 9.17) is 9.47 Å². The molecule has 18 heavy (non-hydrogen) atoms. The molecule has 1 rings (SSSR count). The van der Waals surface area contributed by atoms with Crippen molar-refractivity contribution in [2.45, 2.75) is 44.9 Å². The minimum Gasteiger partial charge on any atom is -0.354 e. The average molecular weight is 272 g/mol. The van der Waals surface area contributed by atoms with Crippen LogP contribution in [-0.2, 0) is 21.3 Å². The van der Waals surface area contributed by atoms with Gasteiger partial charge in [-0.2, -0.15) is 0 Å². The number of methoxy groups -OCH3 is 2. The van der Waals surface area contributed by atoms with E-state index < -0.39 is 0 Å².